The summed E-state index contributed by atoms with van der Waals surface area (Å²) in [7, 11) is 0. The van der Waals surface area contributed by atoms with E-state index in [1.807, 2.05) is 103 Å². The quantitative estimate of drug-likeness (QED) is 0.137. The first-order valence-corrected chi connectivity index (χ1v) is 50.2. The Morgan fingerprint density at radius 1 is 0.248 bits per heavy atom. The fraction of sp³-hybridized carbons (Fsp3) is 0.0726. The van der Waals surface area contributed by atoms with Crippen LogP contribution >= 0.6 is 0 Å². The number of para-hydroxylation sites is 5. The molecular weight excluding hydrogens is 1850 g/mol. The maximum atomic E-state index is 7.25. The predicted molar refractivity (Wildman–Crippen MR) is 560 cm³/mol. The van der Waals surface area contributed by atoms with Gasteiger partial charge in [0.15, 0.2) is 73.3 Å². The molecule has 36 rings (SSSR count). The zero-order valence-electron chi connectivity index (χ0n) is 80.8. The summed E-state index contributed by atoms with van der Waals surface area (Å²) in [6.45, 7) is 13.1. The third kappa shape index (κ3) is 9.83. The fourth-order valence-electron chi connectivity index (χ4n) is 27.0. The van der Waals surface area contributed by atoms with Crippen molar-refractivity contribution in [2.24, 2.45) is 0 Å². The van der Waals surface area contributed by atoms with Crippen LogP contribution in [-0.2, 0) is 17.0 Å². The van der Waals surface area contributed by atoms with E-state index in [-0.39, 0.29) is 0 Å². The Morgan fingerprint density at radius 2 is 0.604 bits per heavy atom. The zero-order valence-corrected chi connectivity index (χ0v) is 80.8. The molecule has 9 aliphatic heterocycles. The molecule has 0 saturated heterocycles. The average Bonchev–Trinajstić information content (AvgIpc) is 1.48. The first-order chi connectivity index (χ1) is 73.4. The molecule has 0 fully saturated rings. The van der Waals surface area contributed by atoms with E-state index in [9.17, 15) is 0 Å². The van der Waals surface area contributed by atoms with Crippen molar-refractivity contribution in [3.8, 4) is 144 Å². The van der Waals surface area contributed by atoms with Crippen molar-refractivity contribution in [1.29, 1.82) is 0 Å². The second-order valence-corrected chi connectivity index (χ2v) is 39.9. The number of benzene rings is 14. The van der Waals surface area contributed by atoms with Gasteiger partial charge < -0.3 is 23.0 Å². The number of aryl methyl sites for hydroxylation is 6. The van der Waals surface area contributed by atoms with Gasteiger partial charge in [-0.25, -0.2) is 15.0 Å². The summed E-state index contributed by atoms with van der Waals surface area (Å²) in [6.07, 6.45) is 6.63. The minimum absolute atomic E-state index is 0.396. The molecule has 14 aromatic carbocycles. The third-order valence-corrected chi connectivity index (χ3v) is 32.2. The number of pyridine rings is 3. The first kappa shape index (κ1) is 80.6. The van der Waals surface area contributed by atoms with Crippen LogP contribution in [0.4, 0.5) is 0 Å². The lowest BCUT2D eigenvalue weighted by Crippen LogP contribution is -2.77. The van der Waals surface area contributed by atoms with Crippen LogP contribution in [0.15, 0.2) is 385 Å². The van der Waals surface area contributed by atoms with Gasteiger partial charge in [0.05, 0.1) is 57.8 Å². The SMILES string of the molecule is Cc1cc(C)[n+]2n1-c1cc(-c3nnc(-c4ccccc4)o3)cc3c1C21c2c(ccc4c5ccccc5n(c24)-c2cccc[n+]21)O3.Cc1cc(C)[n+]2n1-c1ccc(-c3nc(-c4ccccc4)nc(-c4ccccc4)n3)c3c1C21c2c(ccc4c5ccccc5n(c24)-c2cccc[n+]21)O3.Cc1cc(C)[n+]2n1-c1ccc(-c3nnc(-n4c5ccccc5c5ccccc54)o3)c3c1C21c2c(ccc4c5ccccc5n(c24)-c2cccc[n+]21)O3. The summed E-state index contributed by atoms with van der Waals surface area (Å²) < 4.78 is 65.2. The highest BCUT2D eigenvalue weighted by Crippen LogP contribution is 2.63. The molecule has 9 aliphatic rings. The second-order valence-electron chi connectivity index (χ2n) is 39.9. The second kappa shape index (κ2) is 28.3. The van der Waals surface area contributed by atoms with Gasteiger partial charge in [0.1, 0.15) is 62.2 Å². The van der Waals surface area contributed by atoms with Gasteiger partial charge in [-0.15, -0.1) is 29.3 Å². The number of hydrogen-bond donors (Lipinski definition) is 0. The summed E-state index contributed by atoms with van der Waals surface area (Å²) in [5.41, 5.74) is 28.3. The molecule has 3 atom stereocenters. The lowest BCUT2D eigenvalue weighted by Gasteiger charge is -2.33. The van der Waals surface area contributed by atoms with Gasteiger partial charge in [-0.1, -0.05) is 189 Å². The topological polar surface area (TPSA) is 202 Å². The van der Waals surface area contributed by atoms with Crippen molar-refractivity contribution in [3.05, 3.63) is 444 Å². The maximum Gasteiger partial charge on any atom is 0.397 e. The van der Waals surface area contributed by atoms with Crippen molar-refractivity contribution in [2.75, 3.05) is 0 Å². The Hall–Kier alpha value is -19.9. The molecule has 25 heteroatoms. The number of fused-ring (bicyclic) bond motifs is 24. The number of hydrogen-bond acceptors (Lipinski definition) is 12. The molecular formula is C124H80N20O5+6. The van der Waals surface area contributed by atoms with Gasteiger partial charge in [0, 0.05) is 123 Å². The van der Waals surface area contributed by atoms with Crippen LogP contribution < -0.4 is 42.0 Å². The summed E-state index contributed by atoms with van der Waals surface area (Å²) in [6, 6.07) is 125. The van der Waals surface area contributed by atoms with E-state index in [2.05, 4.69) is 390 Å². The number of ether oxygens (including phenoxy) is 3. The molecule has 149 heavy (non-hydrogen) atoms. The highest BCUT2D eigenvalue weighted by molar-refractivity contribution is 6.15. The molecule has 0 radical (unpaired) electrons. The van der Waals surface area contributed by atoms with Crippen molar-refractivity contribution in [2.45, 2.75) is 58.5 Å². The molecule has 22 heterocycles. The van der Waals surface area contributed by atoms with E-state index < -0.39 is 17.0 Å². The van der Waals surface area contributed by atoms with E-state index in [1.54, 1.807) is 0 Å². The lowest BCUT2D eigenvalue weighted by molar-refractivity contribution is -0.996. The van der Waals surface area contributed by atoms with Crippen LogP contribution in [0.2, 0.25) is 0 Å². The Kier molecular flexibility index (Phi) is 15.3. The summed E-state index contributed by atoms with van der Waals surface area (Å²) >= 11 is 0. The smallest absolute Gasteiger partial charge is 0.397 e. The van der Waals surface area contributed by atoms with Crippen molar-refractivity contribution in [3.63, 3.8) is 0 Å². The highest BCUT2D eigenvalue weighted by atomic mass is 16.5. The monoisotopic (exact) mass is 1930 g/mol. The summed E-state index contributed by atoms with van der Waals surface area (Å²) in [5, 5.41) is 27.8. The number of nitrogens with zero attached hydrogens (tertiary/aromatic N) is 20. The van der Waals surface area contributed by atoms with Crippen molar-refractivity contribution < 1.29 is 50.8 Å². The Balaban J connectivity index is 0.0000000956. The van der Waals surface area contributed by atoms with Gasteiger partial charge in [-0.05, 0) is 172 Å². The van der Waals surface area contributed by atoms with Crippen LogP contribution in [0.1, 0.15) is 67.5 Å². The van der Waals surface area contributed by atoms with Crippen LogP contribution in [0.3, 0.4) is 0 Å². The Morgan fingerprint density at radius 3 is 1.05 bits per heavy atom. The van der Waals surface area contributed by atoms with E-state index in [0.717, 1.165) is 203 Å². The van der Waals surface area contributed by atoms with Crippen molar-refractivity contribution in [1.82, 2.24) is 67.7 Å². The normalized spacial score (nSPS) is 16.1. The molecule has 3 unspecified atom stereocenters. The van der Waals surface area contributed by atoms with Gasteiger partial charge in [0.2, 0.25) is 28.9 Å². The van der Waals surface area contributed by atoms with Crippen molar-refractivity contribution >= 4 is 87.2 Å². The summed E-state index contributed by atoms with van der Waals surface area (Å²) in [5.74, 6) is 11.0. The van der Waals surface area contributed by atoms with E-state index >= 15 is 0 Å². The fourth-order valence-corrected chi connectivity index (χ4v) is 27.0. The van der Waals surface area contributed by atoms with Gasteiger partial charge >= 0.3 is 23.0 Å². The van der Waals surface area contributed by atoms with Gasteiger partial charge in [0.25, 0.3) is 23.3 Å². The standard InChI is InChI=1S/C44H29N7O.C43H27N7O2.C37H24N6O2/c1-26-25-27(2)51-44-37-34(50(26)51)22-20-32(43-46-41(28-13-5-3-6-14-28)45-42(47-43)29-15-7-4-8-16-29)40(37)52-35-23-21-31-30-17-9-10-18-33(30)49(39(31)38(35)44)36-19-11-12-24-48(36)44;1-24-23-25(2)50-43-37-34(49(24)50)20-18-30(41-44-45-42(52-41)47-31-14-6-3-11-26(31)27-12-4-7-15-32(27)47)40(37)51-35-21-19-29-28-13-5-8-16-33(28)48(39(29)38(35)43)36-17-9-10-22-46(36)43;1-21-18-22(2)43-37-32-28(42(21)43)19-24(36-39-38-35(45-36)23-10-4-3-5-11-23)20-30(32)44-29-16-15-26-25-12-6-7-13-27(25)41(34(26)33(29)37)31-14-8-9-17-40(31)37/h3-25H,1-2H3;3-23H,1-2H3;3-20H,1-2H3/q3*+2. The maximum absolute atomic E-state index is 7.25. The molecule has 27 aromatic rings. The van der Waals surface area contributed by atoms with E-state index in [0.29, 0.717) is 46.9 Å². The molecule has 0 N–H and O–H groups in total. The third-order valence-electron chi connectivity index (χ3n) is 32.2. The van der Waals surface area contributed by atoms with Crippen LogP contribution in [-0.4, -0.2) is 67.7 Å². The van der Waals surface area contributed by atoms with Gasteiger partial charge in [-0.2, -0.15) is 27.4 Å². The molecule has 700 valence electrons. The van der Waals surface area contributed by atoms with Crippen LogP contribution in [0.5, 0.6) is 34.5 Å². The minimum atomic E-state index is -0.803. The predicted octanol–water partition coefficient (Wildman–Crippen LogP) is 22.4. The average molecular weight is 1930 g/mol. The zero-order chi connectivity index (χ0) is 97.9. The number of aromatic nitrogens is 20. The molecule has 25 nitrogen and oxygen atoms in total. The van der Waals surface area contributed by atoms with E-state index in [4.69, 9.17) is 43.1 Å². The Bertz CT molecular complexity index is 10700. The largest absolute Gasteiger partial charge is 0.456 e. The Labute approximate surface area is 846 Å². The molecule has 0 saturated carbocycles. The number of rotatable bonds is 7. The molecule has 3 spiro atoms. The minimum Gasteiger partial charge on any atom is -0.456 e. The first-order valence-electron chi connectivity index (χ1n) is 50.2. The van der Waals surface area contributed by atoms with E-state index in [1.165, 1.54) is 48.9 Å². The lowest BCUT2D eigenvalue weighted by atomic mass is 9.83. The van der Waals surface area contributed by atoms with Crippen LogP contribution in [0.25, 0.3) is 196 Å². The molecule has 0 amide bonds. The molecule has 0 bridgehead atoms. The molecule has 13 aromatic heterocycles. The highest BCUT2D eigenvalue weighted by Gasteiger charge is 2.74. The molecule has 0 aliphatic carbocycles. The summed E-state index contributed by atoms with van der Waals surface area (Å²) in [4.78, 5) is 15.3. The van der Waals surface area contributed by atoms with Crippen LogP contribution in [0, 0.1) is 41.5 Å². The van der Waals surface area contributed by atoms with Gasteiger partial charge in [-0.3, -0.25) is 4.57 Å².